The number of nitrogen functional groups attached to an aromatic ring is 1. The van der Waals surface area contributed by atoms with Crippen LogP contribution in [-0.2, 0) is 6.42 Å². The van der Waals surface area contributed by atoms with Gasteiger partial charge >= 0.3 is 6.18 Å². The van der Waals surface area contributed by atoms with Gasteiger partial charge in [-0.25, -0.2) is 9.97 Å². The summed E-state index contributed by atoms with van der Waals surface area (Å²) in [5.74, 6) is 0.00416. The molecule has 3 N–H and O–H groups in total. The van der Waals surface area contributed by atoms with E-state index in [1.54, 1.807) is 6.07 Å². The summed E-state index contributed by atoms with van der Waals surface area (Å²) in [6, 6.07) is 12.1. The number of H-pyrrole nitrogens is 1. The molecule has 1 aromatic carbocycles. The van der Waals surface area contributed by atoms with Crippen LogP contribution in [0.2, 0.25) is 0 Å². The van der Waals surface area contributed by atoms with E-state index in [0.717, 1.165) is 5.56 Å². The van der Waals surface area contributed by atoms with Crippen LogP contribution in [-0.4, -0.2) is 30.7 Å². The van der Waals surface area contributed by atoms with Gasteiger partial charge in [-0.3, -0.25) is 4.79 Å². The fraction of sp³-hybridized carbons (Fsp3) is 0.158. The Morgan fingerprint density at radius 3 is 2.45 bits per heavy atom. The van der Waals surface area contributed by atoms with E-state index in [1.165, 1.54) is 16.8 Å². The van der Waals surface area contributed by atoms with Gasteiger partial charge in [-0.1, -0.05) is 30.3 Å². The molecule has 0 aliphatic heterocycles. The van der Waals surface area contributed by atoms with Gasteiger partial charge in [-0.2, -0.15) is 17.7 Å². The van der Waals surface area contributed by atoms with Crippen molar-refractivity contribution in [2.24, 2.45) is 0 Å². The molecular formula is C19H15F3N6O. The molecule has 10 heteroatoms. The number of anilines is 1. The Morgan fingerprint density at radius 2 is 1.79 bits per heavy atom. The summed E-state index contributed by atoms with van der Waals surface area (Å²) in [6.07, 6.45) is -4.25. The third-order valence-electron chi connectivity index (χ3n) is 4.31. The van der Waals surface area contributed by atoms with E-state index in [9.17, 15) is 18.0 Å². The highest BCUT2D eigenvalue weighted by atomic mass is 19.4. The first-order chi connectivity index (χ1) is 13.8. The number of rotatable bonds is 4. The average Bonchev–Trinajstić information content (AvgIpc) is 3.12. The van der Waals surface area contributed by atoms with E-state index >= 15 is 0 Å². The minimum Gasteiger partial charge on any atom is -0.368 e. The molecule has 3 aromatic heterocycles. The van der Waals surface area contributed by atoms with Gasteiger partial charge in [-0.05, 0) is 6.07 Å². The predicted octanol–water partition coefficient (Wildman–Crippen LogP) is 3.22. The number of aromatic nitrogens is 5. The van der Waals surface area contributed by atoms with Crippen molar-refractivity contribution in [3.8, 4) is 22.4 Å². The predicted molar refractivity (Wildman–Crippen MR) is 101 cm³/mol. The van der Waals surface area contributed by atoms with Crippen molar-refractivity contribution in [3.63, 3.8) is 0 Å². The Hall–Kier alpha value is -3.69. The Labute approximate surface area is 162 Å². The Morgan fingerprint density at radius 1 is 1.03 bits per heavy atom. The first kappa shape index (κ1) is 18.7. The number of pyridine rings is 1. The zero-order valence-corrected chi connectivity index (χ0v) is 14.9. The summed E-state index contributed by atoms with van der Waals surface area (Å²) in [7, 11) is 0. The minimum absolute atomic E-state index is 0.00205. The van der Waals surface area contributed by atoms with Crippen molar-refractivity contribution < 1.29 is 13.2 Å². The van der Waals surface area contributed by atoms with Crippen molar-refractivity contribution in [2.45, 2.75) is 19.0 Å². The molecule has 4 rings (SSSR count). The van der Waals surface area contributed by atoms with E-state index in [4.69, 9.17) is 5.73 Å². The zero-order valence-electron chi connectivity index (χ0n) is 14.9. The molecule has 0 radical (unpaired) electrons. The normalized spacial score (nSPS) is 11.8. The number of aryl methyl sites for hydroxylation is 1. The third-order valence-corrected chi connectivity index (χ3v) is 4.31. The highest BCUT2D eigenvalue weighted by molar-refractivity contribution is 5.90. The van der Waals surface area contributed by atoms with E-state index in [1.807, 2.05) is 30.3 Å². The molecular weight excluding hydrogens is 385 g/mol. The lowest BCUT2D eigenvalue weighted by Gasteiger charge is -2.11. The van der Waals surface area contributed by atoms with Gasteiger partial charge in [0, 0.05) is 29.8 Å². The minimum atomic E-state index is -4.32. The van der Waals surface area contributed by atoms with Crippen LogP contribution in [0.15, 0.2) is 53.5 Å². The maximum absolute atomic E-state index is 12.6. The van der Waals surface area contributed by atoms with Crippen LogP contribution in [0, 0.1) is 0 Å². The summed E-state index contributed by atoms with van der Waals surface area (Å²) in [5, 5.41) is 4.10. The number of hydrogen-bond acceptors (Lipinski definition) is 5. The maximum Gasteiger partial charge on any atom is 0.389 e. The van der Waals surface area contributed by atoms with Crippen LogP contribution in [0.25, 0.3) is 28.0 Å². The van der Waals surface area contributed by atoms with E-state index in [2.05, 4.69) is 20.1 Å². The fourth-order valence-corrected chi connectivity index (χ4v) is 3.00. The van der Waals surface area contributed by atoms with E-state index < -0.39 is 12.6 Å². The molecule has 0 unspecified atom stereocenters. The zero-order chi connectivity index (χ0) is 20.6. The molecule has 0 atom stereocenters. The molecule has 148 valence electrons. The monoisotopic (exact) mass is 400 g/mol. The van der Waals surface area contributed by atoms with Gasteiger partial charge in [0.1, 0.15) is 0 Å². The highest BCUT2D eigenvalue weighted by Gasteiger charge is 2.28. The lowest BCUT2D eigenvalue weighted by Crippen LogP contribution is -2.09. The number of nitrogens with two attached hydrogens (primary N) is 1. The smallest absolute Gasteiger partial charge is 0.368 e. The molecule has 0 saturated carbocycles. The lowest BCUT2D eigenvalue weighted by atomic mass is 10.0. The maximum atomic E-state index is 12.6. The molecule has 29 heavy (non-hydrogen) atoms. The van der Waals surface area contributed by atoms with Crippen molar-refractivity contribution >= 4 is 11.6 Å². The fourth-order valence-electron chi connectivity index (χ4n) is 3.00. The second-order valence-electron chi connectivity index (χ2n) is 6.38. The summed E-state index contributed by atoms with van der Waals surface area (Å²) < 4.78 is 39.1. The van der Waals surface area contributed by atoms with Gasteiger partial charge in [0.15, 0.2) is 11.5 Å². The van der Waals surface area contributed by atoms with E-state index in [0.29, 0.717) is 16.8 Å². The van der Waals surface area contributed by atoms with Crippen LogP contribution in [0.5, 0.6) is 0 Å². The Kier molecular flexibility index (Phi) is 4.53. The number of halogens is 3. The van der Waals surface area contributed by atoms with E-state index in [-0.39, 0.29) is 29.4 Å². The molecule has 7 nitrogen and oxygen atoms in total. The lowest BCUT2D eigenvalue weighted by molar-refractivity contribution is -0.134. The van der Waals surface area contributed by atoms with Gasteiger partial charge in [0.2, 0.25) is 11.5 Å². The molecule has 0 fully saturated rings. The van der Waals surface area contributed by atoms with Crippen LogP contribution in [0.1, 0.15) is 12.2 Å². The number of aromatic amines is 1. The largest absolute Gasteiger partial charge is 0.389 e. The van der Waals surface area contributed by atoms with Crippen LogP contribution >= 0.6 is 0 Å². The van der Waals surface area contributed by atoms with Crippen LogP contribution < -0.4 is 11.3 Å². The van der Waals surface area contributed by atoms with Crippen LogP contribution in [0.4, 0.5) is 19.1 Å². The van der Waals surface area contributed by atoms with Crippen molar-refractivity contribution in [3.05, 3.63) is 64.8 Å². The quantitative estimate of drug-likeness (QED) is 0.548. The average molecular weight is 400 g/mol. The van der Waals surface area contributed by atoms with Crippen molar-refractivity contribution in [2.75, 3.05) is 5.73 Å². The number of nitrogens with one attached hydrogen (secondary N) is 1. The molecule has 3 heterocycles. The van der Waals surface area contributed by atoms with Gasteiger partial charge in [-0.15, -0.1) is 5.10 Å². The summed E-state index contributed by atoms with van der Waals surface area (Å²) in [5.41, 5.74) is 8.31. The molecule has 4 aromatic rings. The first-order valence-electron chi connectivity index (χ1n) is 8.68. The second kappa shape index (κ2) is 7.04. The number of nitrogens with zero attached hydrogens (tertiary/aromatic N) is 4. The van der Waals surface area contributed by atoms with Gasteiger partial charge < -0.3 is 10.7 Å². The number of fused-ring (bicyclic) bond motifs is 1. The molecule has 0 aliphatic carbocycles. The van der Waals surface area contributed by atoms with Crippen LogP contribution in [0.3, 0.4) is 0 Å². The Balaban J connectivity index is 1.96. The van der Waals surface area contributed by atoms with Gasteiger partial charge in [0.05, 0.1) is 17.7 Å². The second-order valence-corrected chi connectivity index (χ2v) is 6.38. The molecule has 0 spiro atoms. The topological polar surface area (TPSA) is 102 Å². The molecule has 0 bridgehead atoms. The van der Waals surface area contributed by atoms with Crippen molar-refractivity contribution in [1.82, 2.24) is 24.6 Å². The summed E-state index contributed by atoms with van der Waals surface area (Å²) in [6.45, 7) is 0. The number of hydrogen-bond donors (Lipinski definition) is 2. The molecule has 0 aliphatic rings. The molecule has 0 saturated heterocycles. The highest BCUT2D eigenvalue weighted by Crippen LogP contribution is 2.34. The standard InChI is InChI=1S/C19H15F3N6O/c20-19(21,22)9-8-13-25-17-15(12-6-7-14(29)24-10-12)16(11-4-2-1-3-5-11)26-18(23)28(17)27-13/h1-7,10H,8-9H2,(H2,23,26)(H,24,29). The molecule has 0 amide bonds. The Bertz CT molecular complexity index is 1210. The van der Waals surface area contributed by atoms with Crippen molar-refractivity contribution in [1.29, 1.82) is 0 Å². The summed E-state index contributed by atoms with van der Waals surface area (Å²) in [4.78, 5) is 22.8. The number of benzene rings is 1. The SMILES string of the molecule is Nc1nc(-c2ccccc2)c(-c2ccc(=O)[nH]c2)c2nc(CCC(F)(F)F)nn12. The van der Waals surface area contributed by atoms with Gasteiger partial charge in [0.25, 0.3) is 0 Å². The number of alkyl halides is 3. The summed E-state index contributed by atoms with van der Waals surface area (Å²) >= 11 is 0. The third kappa shape index (κ3) is 3.82. The first-order valence-corrected chi connectivity index (χ1v) is 8.68.